The van der Waals surface area contributed by atoms with Crippen molar-refractivity contribution in [3.8, 4) is 5.75 Å². The molecule has 0 fully saturated rings. The Labute approximate surface area is 165 Å². The largest absolute Gasteiger partial charge is 0.513 e. The minimum absolute atomic E-state index is 0.0735. The van der Waals surface area contributed by atoms with E-state index in [0.717, 1.165) is 28.8 Å². The second-order valence-electron chi connectivity index (χ2n) is 7.00. The van der Waals surface area contributed by atoms with Gasteiger partial charge in [-0.1, -0.05) is 18.2 Å². The summed E-state index contributed by atoms with van der Waals surface area (Å²) in [6, 6.07) is 10.8. The van der Waals surface area contributed by atoms with Crippen molar-refractivity contribution in [3.05, 3.63) is 58.7 Å². The Morgan fingerprint density at radius 1 is 1.18 bits per heavy atom. The Kier molecular flexibility index (Phi) is 5.99. The maximum Gasteiger partial charge on any atom is 0.513 e. The van der Waals surface area contributed by atoms with Crippen LogP contribution in [0.1, 0.15) is 29.2 Å². The number of anilines is 1. The first kappa shape index (κ1) is 19.9. The van der Waals surface area contributed by atoms with Crippen LogP contribution in [0.2, 0.25) is 0 Å². The zero-order chi connectivity index (χ0) is 20.3. The van der Waals surface area contributed by atoms with Crippen molar-refractivity contribution < 1.29 is 19.1 Å². The van der Waals surface area contributed by atoms with Gasteiger partial charge in [0.15, 0.2) is 0 Å². The number of nitrogens with two attached hydrogens (primary N) is 1. The molecule has 1 atom stereocenters. The number of fused-ring (bicyclic) bond motifs is 1. The monoisotopic (exact) mass is 382 g/mol. The van der Waals surface area contributed by atoms with E-state index in [2.05, 4.69) is 0 Å². The lowest BCUT2D eigenvalue weighted by atomic mass is 9.95. The second-order valence-corrected chi connectivity index (χ2v) is 7.00. The van der Waals surface area contributed by atoms with Crippen molar-refractivity contribution in [2.24, 2.45) is 5.73 Å². The smallest absolute Gasteiger partial charge is 0.434 e. The van der Waals surface area contributed by atoms with Crippen LogP contribution in [-0.2, 0) is 22.4 Å². The fourth-order valence-corrected chi connectivity index (χ4v) is 3.65. The molecule has 0 spiro atoms. The van der Waals surface area contributed by atoms with E-state index < -0.39 is 12.2 Å². The molecule has 0 bridgehead atoms. The van der Waals surface area contributed by atoms with Gasteiger partial charge in [-0.15, -0.1) is 0 Å². The predicted octanol–water partition coefficient (Wildman–Crippen LogP) is 3.30. The Morgan fingerprint density at radius 2 is 1.86 bits per heavy atom. The number of hydrogen-bond acceptors (Lipinski definition) is 5. The third-order valence-corrected chi connectivity index (χ3v) is 5.03. The minimum atomic E-state index is -0.728. The lowest BCUT2D eigenvalue weighted by Crippen LogP contribution is -2.44. The molecule has 1 heterocycles. The molecule has 0 saturated carbocycles. The quantitative estimate of drug-likeness (QED) is 0.634. The van der Waals surface area contributed by atoms with E-state index in [1.807, 2.05) is 38.1 Å². The van der Waals surface area contributed by atoms with Crippen LogP contribution < -0.4 is 15.4 Å². The maximum absolute atomic E-state index is 12.9. The highest BCUT2D eigenvalue weighted by atomic mass is 16.7. The van der Waals surface area contributed by atoms with Gasteiger partial charge in [-0.2, -0.15) is 0 Å². The third kappa shape index (κ3) is 4.17. The van der Waals surface area contributed by atoms with Crippen molar-refractivity contribution in [2.75, 3.05) is 18.1 Å². The third-order valence-electron chi connectivity index (χ3n) is 5.03. The number of ether oxygens (including phenoxy) is 2. The summed E-state index contributed by atoms with van der Waals surface area (Å²) < 4.78 is 9.98. The maximum atomic E-state index is 12.9. The lowest BCUT2D eigenvalue weighted by molar-refractivity contribution is -0.119. The standard InChI is InChI=1S/C22H26N2O4/c1-4-27-22(26)28-17-11-14(2)18(15(3)12-17)13-19(23)21(25)24-10-9-16-7-5-6-8-20(16)24/h5-8,11-12,19H,4,9-10,13,23H2,1-3H3/t19-/m0/s1. The molecule has 3 rings (SSSR count). The number of carbonyl (C=O) groups is 2. The van der Waals surface area contributed by atoms with Gasteiger partial charge in [-0.25, -0.2) is 4.79 Å². The topological polar surface area (TPSA) is 81.9 Å². The zero-order valence-corrected chi connectivity index (χ0v) is 16.5. The first-order valence-corrected chi connectivity index (χ1v) is 9.50. The summed E-state index contributed by atoms with van der Waals surface area (Å²) in [5.74, 6) is 0.348. The summed E-state index contributed by atoms with van der Waals surface area (Å²) in [5.41, 5.74) is 11.2. The van der Waals surface area contributed by atoms with Gasteiger partial charge in [0.1, 0.15) is 5.75 Å². The van der Waals surface area contributed by atoms with Crippen molar-refractivity contribution in [1.82, 2.24) is 0 Å². The number of carbonyl (C=O) groups excluding carboxylic acids is 2. The number of para-hydroxylation sites is 1. The number of hydrogen-bond donors (Lipinski definition) is 1. The van der Waals surface area contributed by atoms with Crippen LogP contribution in [0.4, 0.5) is 10.5 Å². The molecule has 1 aliphatic rings. The van der Waals surface area contributed by atoms with Gasteiger partial charge in [0.25, 0.3) is 0 Å². The highest BCUT2D eigenvalue weighted by molar-refractivity contribution is 5.99. The molecule has 0 unspecified atom stereocenters. The van der Waals surface area contributed by atoms with Crippen LogP contribution in [0.3, 0.4) is 0 Å². The average Bonchev–Trinajstić information content (AvgIpc) is 3.08. The van der Waals surface area contributed by atoms with Crippen LogP contribution in [0.15, 0.2) is 36.4 Å². The molecule has 6 heteroatoms. The Balaban J connectivity index is 1.73. The minimum Gasteiger partial charge on any atom is -0.434 e. The molecule has 0 aliphatic carbocycles. The van der Waals surface area contributed by atoms with Crippen LogP contribution in [0.25, 0.3) is 0 Å². The van der Waals surface area contributed by atoms with E-state index in [1.165, 1.54) is 5.56 Å². The molecule has 6 nitrogen and oxygen atoms in total. The van der Waals surface area contributed by atoms with Crippen molar-refractivity contribution in [3.63, 3.8) is 0 Å². The molecular weight excluding hydrogens is 356 g/mol. The van der Waals surface area contributed by atoms with Crippen LogP contribution in [0.5, 0.6) is 5.75 Å². The molecule has 28 heavy (non-hydrogen) atoms. The van der Waals surface area contributed by atoms with Crippen molar-refractivity contribution in [2.45, 2.75) is 39.7 Å². The van der Waals surface area contributed by atoms with E-state index in [9.17, 15) is 9.59 Å². The van der Waals surface area contributed by atoms with Crippen LogP contribution in [0, 0.1) is 13.8 Å². The fourth-order valence-electron chi connectivity index (χ4n) is 3.65. The summed E-state index contributed by atoms with van der Waals surface area (Å²) in [5, 5.41) is 0. The van der Waals surface area contributed by atoms with E-state index in [0.29, 0.717) is 18.7 Å². The van der Waals surface area contributed by atoms with E-state index >= 15 is 0 Å². The van der Waals surface area contributed by atoms with Gasteiger partial charge in [0, 0.05) is 12.2 Å². The lowest BCUT2D eigenvalue weighted by Gasteiger charge is -2.23. The molecule has 0 radical (unpaired) electrons. The Morgan fingerprint density at radius 3 is 2.54 bits per heavy atom. The van der Waals surface area contributed by atoms with Crippen LogP contribution in [-0.4, -0.2) is 31.3 Å². The van der Waals surface area contributed by atoms with Crippen molar-refractivity contribution in [1.29, 1.82) is 0 Å². The molecule has 0 saturated heterocycles. The molecule has 1 aliphatic heterocycles. The molecule has 2 aromatic rings. The van der Waals surface area contributed by atoms with Gasteiger partial charge in [-0.05, 0) is 74.1 Å². The van der Waals surface area contributed by atoms with E-state index in [-0.39, 0.29) is 12.5 Å². The average molecular weight is 382 g/mol. The van der Waals surface area contributed by atoms with Gasteiger partial charge in [0.05, 0.1) is 12.6 Å². The molecule has 1 amide bonds. The van der Waals surface area contributed by atoms with E-state index in [1.54, 1.807) is 24.0 Å². The summed E-state index contributed by atoms with van der Waals surface area (Å²) in [7, 11) is 0. The van der Waals surface area contributed by atoms with E-state index in [4.69, 9.17) is 15.2 Å². The molecule has 0 aromatic heterocycles. The number of benzene rings is 2. The zero-order valence-electron chi connectivity index (χ0n) is 16.5. The van der Waals surface area contributed by atoms with Gasteiger partial charge in [-0.3, -0.25) is 4.79 Å². The second kappa shape index (κ2) is 8.44. The highest BCUT2D eigenvalue weighted by Crippen LogP contribution is 2.29. The Hall–Kier alpha value is -2.86. The summed E-state index contributed by atoms with van der Waals surface area (Å²) in [4.78, 5) is 26.2. The fraction of sp³-hybridized carbons (Fsp3) is 0.364. The first-order valence-electron chi connectivity index (χ1n) is 9.50. The number of nitrogens with zero attached hydrogens (tertiary/aromatic N) is 1. The molecule has 2 aromatic carbocycles. The van der Waals surface area contributed by atoms with Gasteiger partial charge in [0.2, 0.25) is 5.91 Å². The predicted molar refractivity (Wildman–Crippen MR) is 108 cm³/mol. The number of aryl methyl sites for hydroxylation is 2. The summed E-state index contributed by atoms with van der Waals surface area (Å²) in [6.07, 6.45) is 0.551. The molecular formula is C22H26N2O4. The van der Waals surface area contributed by atoms with Gasteiger partial charge >= 0.3 is 6.16 Å². The molecule has 148 valence electrons. The Bertz CT molecular complexity index is 871. The number of rotatable bonds is 5. The van der Waals surface area contributed by atoms with Crippen LogP contribution >= 0.6 is 0 Å². The summed E-state index contributed by atoms with van der Waals surface area (Å²) in [6.45, 7) is 6.48. The molecule has 2 N–H and O–H groups in total. The number of amides is 1. The SMILES string of the molecule is CCOC(=O)Oc1cc(C)c(C[C@H](N)C(=O)N2CCc3ccccc32)c(C)c1. The van der Waals surface area contributed by atoms with Gasteiger partial charge < -0.3 is 20.1 Å². The first-order chi connectivity index (χ1) is 13.4. The normalized spacial score (nSPS) is 13.8. The highest BCUT2D eigenvalue weighted by Gasteiger charge is 2.28. The summed E-state index contributed by atoms with van der Waals surface area (Å²) >= 11 is 0. The van der Waals surface area contributed by atoms with Crippen molar-refractivity contribution >= 4 is 17.7 Å².